The van der Waals surface area contributed by atoms with Crippen LogP contribution in [0.3, 0.4) is 0 Å². The molecule has 0 radical (unpaired) electrons. The number of benzene rings is 2. The van der Waals surface area contributed by atoms with E-state index in [1.807, 2.05) is 31.3 Å². The Morgan fingerprint density at radius 3 is 2.04 bits per heavy atom. The standard InChI is InChI=1S/C21H26F2N2.ClH/c1-24-13-16-3-2-12-25(14-16)15-21(17-4-8-19(22)9-5-17)18-6-10-20(23)11-7-18;/h4-11,16,21,24H,2-3,12-15H2,1H3;1H. The van der Waals surface area contributed by atoms with Crippen LogP contribution in [0.5, 0.6) is 0 Å². The molecule has 1 aliphatic rings. The molecule has 1 aliphatic heterocycles. The number of hydrogen-bond donors (Lipinski definition) is 1. The van der Waals surface area contributed by atoms with Gasteiger partial charge in [-0.15, -0.1) is 12.4 Å². The minimum absolute atomic E-state index is 0. The fraction of sp³-hybridized carbons (Fsp3) is 0.429. The Bertz CT molecular complexity index is 613. The van der Waals surface area contributed by atoms with Crippen LogP contribution in [0.2, 0.25) is 0 Å². The van der Waals surface area contributed by atoms with Crippen molar-refractivity contribution in [2.45, 2.75) is 18.8 Å². The molecule has 1 saturated heterocycles. The van der Waals surface area contributed by atoms with Crippen molar-refractivity contribution in [1.29, 1.82) is 0 Å². The van der Waals surface area contributed by atoms with E-state index in [2.05, 4.69) is 10.2 Å². The van der Waals surface area contributed by atoms with Crippen LogP contribution in [-0.4, -0.2) is 38.1 Å². The number of halogens is 3. The monoisotopic (exact) mass is 380 g/mol. The van der Waals surface area contributed by atoms with Gasteiger partial charge in [-0.05, 0) is 74.3 Å². The third kappa shape index (κ3) is 5.50. The third-order valence-electron chi connectivity index (χ3n) is 5.08. The Morgan fingerprint density at radius 1 is 1.00 bits per heavy atom. The van der Waals surface area contributed by atoms with E-state index in [9.17, 15) is 8.78 Å². The molecule has 0 amide bonds. The van der Waals surface area contributed by atoms with Gasteiger partial charge in [-0.25, -0.2) is 8.78 Å². The lowest BCUT2D eigenvalue weighted by molar-refractivity contribution is 0.169. The quantitative estimate of drug-likeness (QED) is 0.796. The van der Waals surface area contributed by atoms with Crippen LogP contribution in [0, 0.1) is 17.6 Å². The summed E-state index contributed by atoms with van der Waals surface area (Å²) in [4.78, 5) is 2.49. The zero-order chi connectivity index (χ0) is 17.6. The fourth-order valence-electron chi connectivity index (χ4n) is 3.82. The first-order chi connectivity index (χ1) is 12.2. The minimum atomic E-state index is -0.228. The Labute approximate surface area is 161 Å². The summed E-state index contributed by atoms with van der Waals surface area (Å²) in [6.07, 6.45) is 2.46. The molecule has 0 aliphatic carbocycles. The maximum Gasteiger partial charge on any atom is 0.123 e. The smallest absolute Gasteiger partial charge is 0.123 e. The summed E-state index contributed by atoms with van der Waals surface area (Å²) in [5.74, 6) is 0.331. The summed E-state index contributed by atoms with van der Waals surface area (Å²) in [7, 11) is 2.00. The number of piperidine rings is 1. The molecule has 26 heavy (non-hydrogen) atoms. The van der Waals surface area contributed by atoms with Crippen molar-refractivity contribution in [2.75, 3.05) is 33.2 Å². The van der Waals surface area contributed by atoms with E-state index in [-0.39, 0.29) is 30.0 Å². The summed E-state index contributed by atoms with van der Waals surface area (Å²) in [6, 6.07) is 13.4. The van der Waals surface area contributed by atoms with Crippen molar-refractivity contribution < 1.29 is 8.78 Å². The van der Waals surface area contributed by atoms with Crippen molar-refractivity contribution in [1.82, 2.24) is 10.2 Å². The van der Waals surface area contributed by atoms with E-state index in [4.69, 9.17) is 0 Å². The molecule has 0 aromatic heterocycles. The van der Waals surface area contributed by atoms with E-state index in [1.165, 1.54) is 37.1 Å². The molecular formula is C21H27ClF2N2. The largest absolute Gasteiger partial charge is 0.319 e. The molecule has 2 aromatic carbocycles. The first kappa shape index (κ1) is 20.8. The van der Waals surface area contributed by atoms with Crippen LogP contribution in [0.25, 0.3) is 0 Å². The number of hydrogen-bond acceptors (Lipinski definition) is 2. The molecule has 1 N–H and O–H groups in total. The van der Waals surface area contributed by atoms with Gasteiger partial charge in [0.2, 0.25) is 0 Å². The lowest BCUT2D eigenvalue weighted by atomic mass is 9.89. The number of nitrogens with zero attached hydrogens (tertiary/aromatic N) is 1. The highest BCUT2D eigenvalue weighted by Gasteiger charge is 2.24. The summed E-state index contributed by atoms with van der Waals surface area (Å²) in [5.41, 5.74) is 2.15. The average Bonchev–Trinajstić information content (AvgIpc) is 2.62. The molecule has 0 bridgehead atoms. The van der Waals surface area contributed by atoms with Gasteiger partial charge in [0.1, 0.15) is 11.6 Å². The molecule has 1 heterocycles. The zero-order valence-electron chi connectivity index (χ0n) is 15.1. The summed E-state index contributed by atoms with van der Waals surface area (Å²) < 4.78 is 26.7. The Balaban J connectivity index is 0.00000243. The normalized spacial score (nSPS) is 17.9. The molecule has 5 heteroatoms. The van der Waals surface area contributed by atoms with Gasteiger partial charge in [0.25, 0.3) is 0 Å². The molecule has 0 spiro atoms. The molecule has 1 fully saturated rings. The van der Waals surface area contributed by atoms with Crippen molar-refractivity contribution in [3.8, 4) is 0 Å². The lowest BCUT2D eigenvalue weighted by Crippen LogP contribution is -2.41. The van der Waals surface area contributed by atoms with Crippen LogP contribution >= 0.6 is 12.4 Å². The van der Waals surface area contributed by atoms with Gasteiger partial charge >= 0.3 is 0 Å². The Hall–Kier alpha value is -1.49. The average molecular weight is 381 g/mol. The lowest BCUT2D eigenvalue weighted by Gasteiger charge is -2.35. The van der Waals surface area contributed by atoms with Gasteiger partial charge in [-0.2, -0.15) is 0 Å². The molecule has 2 nitrogen and oxygen atoms in total. The van der Waals surface area contributed by atoms with Crippen LogP contribution in [0.1, 0.15) is 29.9 Å². The van der Waals surface area contributed by atoms with E-state index in [1.54, 1.807) is 0 Å². The third-order valence-corrected chi connectivity index (χ3v) is 5.08. The first-order valence-electron chi connectivity index (χ1n) is 9.03. The van der Waals surface area contributed by atoms with Gasteiger partial charge < -0.3 is 10.2 Å². The second-order valence-corrected chi connectivity index (χ2v) is 6.98. The van der Waals surface area contributed by atoms with Crippen molar-refractivity contribution >= 4 is 12.4 Å². The van der Waals surface area contributed by atoms with Crippen molar-refractivity contribution in [2.24, 2.45) is 5.92 Å². The van der Waals surface area contributed by atoms with Gasteiger partial charge in [0, 0.05) is 19.0 Å². The summed E-state index contributed by atoms with van der Waals surface area (Å²) in [6.45, 7) is 4.06. The van der Waals surface area contributed by atoms with Crippen molar-refractivity contribution in [3.63, 3.8) is 0 Å². The fourth-order valence-corrected chi connectivity index (χ4v) is 3.82. The van der Waals surface area contributed by atoms with E-state index < -0.39 is 0 Å². The molecular weight excluding hydrogens is 354 g/mol. The molecule has 1 unspecified atom stereocenters. The molecule has 142 valence electrons. The molecule has 1 atom stereocenters. The molecule has 3 rings (SSSR count). The summed E-state index contributed by atoms with van der Waals surface area (Å²) >= 11 is 0. The highest BCUT2D eigenvalue weighted by molar-refractivity contribution is 5.85. The van der Waals surface area contributed by atoms with Crippen LogP contribution in [0.4, 0.5) is 8.78 Å². The molecule has 2 aromatic rings. The number of rotatable bonds is 6. The predicted molar refractivity (Wildman–Crippen MR) is 105 cm³/mol. The Morgan fingerprint density at radius 2 is 1.54 bits per heavy atom. The van der Waals surface area contributed by atoms with Gasteiger partial charge in [0.15, 0.2) is 0 Å². The van der Waals surface area contributed by atoms with E-state index in [0.717, 1.165) is 37.3 Å². The second kappa shape index (κ2) is 10.0. The number of likely N-dealkylation sites (tertiary alicyclic amines) is 1. The minimum Gasteiger partial charge on any atom is -0.319 e. The molecule has 0 saturated carbocycles. The van der Waals surface area contributed by atoms with E-state index >= 15 is 0 Å². The highest BCUT2D eigenvalue weighted by atomic mass is 35.5. The summed E-state index contributed by atoms with van der Waals surface area (Å²) in [5, 5.41) is 3.28. The predicted octanol–water partition coefficient (Wildman–Crippen LogP) is 4.45. The zero-order valence-corrected chi connectivity index (χ0v) is 15.9. The maximum absolute atomic E-state index is 13.3. The van der Waals surface area contributed by atoms with Crippen molar-refractivity contribution in [3.05, 3.63) is 71.3 Å². The van der Waals surface area contributed by atoms with Gasteiger partial charge in [-0.3, -0.25) is 0 Å². The van der Waals surface area contributed by atoms with Gasteiger partial charge in [-0.1, -0.05) is 24.3 Å². The van der Waals surface area contributed by atoms with E-state index in [0.29, 0.717) is 5.92 Å². The Kier molecular flexibility index (Phi) is 8.01. The SMILES string of the molecule is CNCC1CCCN(CC(c2ccc(F)cc2)c2ccc(F)cc2)C1.Cl. The second-order valence-electron chi connectivity index (χ2n) is 6.98. The van der Waals surface area contributed by atoms with Gasteiger partial charge in [0.05, 0.1) is 0 Å². The van der Waals surface area contributed by atoms with Crippen LogP contribution in [0.15, 0.2) is 48.5 Å². The van der Waals surface area contributed by atoms with Crippen LogP contribution in [-0.2, 0) is 0 Å². The number of nitrogens with one attached hydrogen (secondary N) is 1. The topological polar surface area (TPSA) is 15.3 Å². The highest BCUT2D eigenvalue weighted by Crippen LogP contribution is 2.28. The maximum atomic E-state index is 13.3. The van der Waals surface area contributed by atoms with Crippen LogP contribution < -0.4 is 5.32 Å². The first-order valence-corrected chi connectivity index (χ1v) is 9.03.